The molecular formula is C19H28O5. The van der Waals surface area contributed by atoms with Gasteiger partial charge in [-0.3, -0.25) is 9.59 Å². The molecule has 0 fully saturated rings. The number of hydrogen-bond donors (Lipinski definition) is 0. The molecule has 0 saturated heterocycles. The van der Waals surface area contributed by atoms with Crippen molar-refractivity contribution in [3.63, 3.8) is 0 Å². The van der Waals surface area contributed by atoms with Crippen LogP contribution in [0.25, 0.3) is 0 Å². The summed E-state index contributed by atoms with van der Waals surface area (Å²) in [5.41, 5.74) is -0.372. The number of hydrogen-bond acceptors (Lipinski definition) is 5. The second kappa shape index (κ2) is 8.71. The molecule has 0 bridgehead atoms. The van der Waals surface area contributed by atoms with E-state index in [1.807, 2.05) is 26.8 Å². The van der Waals surface area contributed by atoms with Crippen molar-refractivity contribution < 1.29 is 23.8 Å². The summed E-state index contributed by atoms with van der Waals surface area (Å²) in [6, 6.07) is 5.31. The highest BCUT2D eigenvalue weighted by Crippen LogP contribution is 2.34. The topological polar surface area (TPSA) is 61.8 Å². The van der Waals surface area contributed by atoms with Crippen LogP contribution in [0, 0.1) is 18.3 Å². The normalized spacial score (nSPS) is 11.3. The van der Waals surface area contributed by atoms with E-state index in [0.29, 0.717) is 24.3 Å². The fraction of sp³-hybridized carbons (Fsp3) is 0.579. The number of esters is 2. The zero-order valence-corrected chi connectivity index (χ0v) is 15.5. The highest BCUT2D eigenvalue weighted by atomic mass is 16.6. The van der Waals surface area contributed by atoms with E-state index < -0.39 is 17.4 Å². The Bertz CT molecular complexity index is 573. The Morgan fingerprint density at radius 1 is 1.08 bits per heavy atom. The van der Waals surface area contributed by atoms with Crippen LogP contribution in [0.1, 0.15) is 46.1 Å². The molecule has 1 rings (SSSR count). The molecule has 1 aromatic rings. The first-order valence-electron chi connectivity index (χ1n) is 8.34. The molecule has 0 amide bonds. The lowest BCUT2D eigenvalue weighted by molar-refractivity contribution is -0.168. The lowest BCUT2D eigenvalue weighted by atomic mass is 9.82. The van der Waals surface area contributed by atoms with Crippen LogP contribution < -0.4 is 9.47 Å². The third-order valence-corrected chi connectivity index (χ3v) is 4.06. The molecule has 0 unspecified atom stereocenters. The molecule has 5 heteroatoms. The number of aryl methyl sites for hydroxylation is 1. The van der Waals surface area contributed by atoms with Gasteiger partial charge in [0.15, 0.2) is 16.9 Å². The van der Waals surface area contributed by atoms with E-state index in [-0.39, 0.29) is 12.5 Å². The molecule has 5 nitrogen and oxygen atoms in total. The van der Waals surface area contributed by atoms with E-state index in [4.69, 9.17) is 14.2 Å². The molecule has 0 aromatic heterocycles. The minimum absolute atomic E-state index is 0.202. The van der Waals surface area contributed by atoms with Crippen LogP contribution in [0.2, 0.25) is 0 Å². The number of benzene rings is 1. The van der Waals surface area contributed by atoms with Crippen molar-refractivity contribution in [3.05, 3.63) is 23.8 Å². The maximum absolute atomic E-state index is 12.8. The maximum Gasteiger partial charge on any atom is 0.328 e. The monoisotopic (exact) mass is 336 g/mol. The van der Waals surface area contributed by atoms with Crippen LogP contribution in [-0.4, -0.2) is 25.7 Å². The smallest absolute Gasteiger partial charge is 0.328 e. The van der Waals surface area contributed by atoms with E-state index in [2.05, 4.69) is 0 Å². The van der Waals surface area contributed by atoms with Crippen LogP contribution in [0.4, 0.5) is 0 Å². The maximum atomic E-state index is 12.8. The highest BCUT2D eigenvalue weighted by molar-refractivity contribution is 6.00. The minimum Gasteiger partial charge on any atom is -0.493 e. The van der Waals surface area contributed by atoms with Crippen molar-refractivity contribution in [1.82, 2.24) is 0 Å². The van der Waals surface area contributed by atoms with Gasteiger partial charge in [-0.25, -0.2) is 0 Å². The Morgan fingerprint density at radius 2 is 1.71 bits per heavy atom. The first kappa shape index (κ1) is 20.0. The summed E-state index contributed by atoms with van der Waals surface area (Å²) in [5.74, 6) is -0.174. The van der Waals surface area contributed by atoms with Crippen molar-refractivity contribution >= 4 is 11.9 Å². The first-order chi connectivity index (χ1) is 11.3. The minimum atomic E-state index is -1.30. The summed E-state index contributed by atoms with van der Waals surface area (Å²) in [5, 5.41) is 0. The molecule has 134 valence electrons. The van der Waals surface area contributed by atoms with Gasteiger partial charge in [-0.2, -0.15) is 0 Å². The van der Waals surface area contributed by atoms with Gasteiger partial charge in [-0.1, -0.05) is 33.8 Å². The Balaban J connectivity index is 3.06. The lowest BCUT2D eigenvalue weighted by Gasteiger charge is -2.27. The molecule has 0 radical (unpaired) electrons. The van der Waals surface area contributed by atoms with E-state index in [1.165, 1.54) is 7.11 Å². The van der Waals surface area contributed by atoms with Gasteiger partial charge in [0.25, 0.3) is 0 Å². The molecule has 0 spiro atoms. The van der Waals surface area contributed by atoms with Crippen LogP contribution in [-0.2, 0) is 14.3 Å². The highest BCUT2D eigenvalue weighted by Gasteiger charge is 2.46. The predicted octanol–water partition coefficient (Wildman–Crippen LogP) is 3.91. The number of carbonyl (C=O) groups is 2. The fourth-order valence-corrected chi connectivity index (χ4v) is 2.35. The summed E-state index contributed by atoms with van der Waals surface area (Å²) in [6.07, 6.45) is 0.626. The molecule has 1 aromatic carbocycles. The Hall–Kier alpha value is -2.04. The molecule has 0 saturated carbocycles. The quantitative estimate of drug-likeness (QED) is 0.409. The molecule has 0 aliphatic heterocycles. The van der Waals surface area contributed by atoms with E-state index >= 15 is 0 Å². The number of carbonyl (C=O) groups excluding carboxylic acids is 2. The van der Waals surface area contributed by atoms with Gasteiger partial charge >= 0.3 is 11.9 Å². The van der Waals surface area contributed by atoms with Crippen molar-refractivity contribution in [1.29, 1.82) is 0 Å². The van der Waals surface area contributed by atoms with Gasteiger partial charge in [0.1, 0.15) is 0 Å². The van der Waals surface area contributed by atoms with Crippen LogP contribution in [0.15, 0.2) is 18.2 Å². The second-order valence-electron chi connectivity index (χ2n) is 6.33. The Kier molecular flexibility index (Phi) is 7.26. The molecule has 24 heavy (non-hydrogen) atoms. The van der Waals surface area contributed by atoms with Crippen LogP contribution in [0.3, 0.4) is 0 Å². The van der Waals surface area contributed by atoms with E-state index in [9.17, 15) is 9.59 Å². The van der Waals surface area contributed by atoms with Gasteiger partial charge in [0.05, 0.1) is 13.7 Å². The summed E-state index contributed by atoms with van der Waals surface area (Å²) < 4.78 is 16.1. The lowest BCUT2D eigenvalue weighted by Crippen LogP contribution is -2.43. The summed E-state index contributed by atoms with van der Waals surface area (Å²) in [4.78, 5) is 25.3. The summed E-state index contributed by atoms with van der Waals surface area (Å²) in [7, 11) is 1.51. The largest absolute Gasteiger partial charge is 0.493 e. The number of methoxy groups -OCH3 is 1. The van der Waals surface area contributed by atoms with Gasteiger partial charge in [0.2, 0.25) is 0 Å². The van der Waals surface area contributed by atoms with Gasteiger partial charge in [-0.15, -0.1) is 0 Å². The molecular weight excluding hydrogens is 308 g/mol. The summed E-state index contributed by atoms with van der Waals surface area (Å²) in [6.45, 7) is 9.64. The fourth-order valence-electron chi connectivity index (χ4n) is 2.35. The summed E-state index contributed by atoms with van der Waals surface area (Å²) >= 11 is 0. The van der Waals surface area contributed by atoms with E-state index in [1.54, 1.807) is 26.0 Å². The third kappa shape index (κ3) is 4.49. The Labute approximate surface area is 144 Å². The zero-order valence-electron chi connectivity index (χ0n) is 15.5. The van der Waals surface area contributed by atoms with E-state index in [0.717, 1.165) is 5.56 Å². The molecule has 0 atom stereocenters. The first-order valence-corrected chi connectivity index (χ1v) is 8.34. The van der Waals surface area contributed by atoms with Gasteiger partial charge in [-0.05, 0) is 43.4 Å². The SMILES string of the molecule is CCC(CC)(C(=O)OCC(C)C)C(=O)Oc1cc(C)ccc1OC. The van der Waals surface area contributed by atoms with Crippen molar-refractivity contribution in [2.75, 3.05) is 13.7 Å². The molecule has 0 aliphatic carbocycles. The van der Waals surface area contributed by atoms with Crippen molar-refractivity contribution in [3.8, 4) is 11.5 Å². The standard InChI is InChI=1S/C19H28O5/c1-7-19(8-2,17(20)23-12-13(3)4)18(21)24-16-11-14(5)9-10-15(16)22-6/h9-11,13H,7-8,12H2,1-6H3. The molecule has 0 heterocycles. The van der Waals surface area contributed by atoms with Crippen molar-refractivity contribution in [2.45, 2.75) is 47.5 Å². The van der Waals surface area contributed by atoms with Gasteiger partial charge in [0, 0.05) is 0 Å². The van der Waals surface area contributed by atoms with Gasteiger partial charge < -0.3 is 14.2 Å². The third-order valence-electron chi connectivity index (χ3n) is 4.06. The van der Waals surface area contributed by atoms with Crippen LogP contribution >= 0.6 is 0 Å². The van der Waals surface area contributed by atoms with Crippen molar-refractivity contribution in [2.24, 2.45) is 11.3 Å². The second-order valence-corrected chi connectivity index (χ2v) is 6.33. The molecule has 0 N–H and O–H groups in total. The average Bonchev–Trinajstić information content (AvgIpc) is 2.54. The van der Waals surface area contributed by atoms with Crippen LogP contribution in [0.5, 0.6) is 11.5 Å². The number of ether oxygens (including phenoxy) is 3. The zero-order chi connectivity index (χ0) is 18.3. The number of rotatable bonds is 8. The predicted molar refractivity (Wildman–Crippen MR) is 92.2 cm³/mol. The Morgan fingerprint density at radius 3 is 2.21 bits per heavy atom. The average molecular weight is 336 g/mol. The molecule has 0 aliphatic rings.